The molecule has 2 aliphatic rings. The summed E-state index contributed by atoms with van der Waals surface area (Å²) in [6, 6.07) is -0.917. The molecule has 0 aliphatic carbocycles. The average molecular weight is 1060 g/mol. The van der Waals surface area contributed by atoms with Gasteiger partial charge in [-0.25, -0.2) is 0 Å². The van der Waals surface area contributed by atoms with Crippen molar-refractivity contribution in [1.29, 1.82) is 0 Å². The number of carbonyl (C=O) groups excluding carboxylic acids is 1. The Hall–Kier alpha value is -1.53. The number of aliphatic hydroxyl groups excluding tert-OH is 8. The molecule has 2 saturated heterocycles. The fourth-order valence-electron chi connectivity index (χ4n) is 10.2. The summed E-state index contributed by atoms with van der Waals surface area (Å²) in [6.07, 6.45) is 37.9. The van der Waals surface area contributed by atoms with Gasteiger partial charge >= 0.3 is 0 Å². The van der Waals surface area contributed by atoms with Crippen LogP contribution >= 0.6 is 0 Å². The SMILES string of the molecule is CCCCCCCCC/C=C\CCCCCCCC(=O)NC(COC1OC(CO)C(OC2OC(CO)C(O)C(O)C2O)C(O)C1O)C(O)/C=C/CCCCCCCCCCCCCCCCCCCCCCCC. The highest BCUT2D eigenvalue weighted by atomic mass is 16.7. The lowest BCUT2D eigenvalue weighted by Crippen LogP contribution is -2.65. The predicted octanol–water partition coefficient (Wildman–Crippen LogP) is 10.4. The lowest BCUT2D eigenvalue weighted by Gasteiger charge is -2.46. The number of amides is 1. The second-order valence-electron chi connectivity index (χ2n) is 21.8. The minimum atomic E-state index is -1.79. The lowest BCUT2D eigenvalue weighted by molar-refractivity contribution is -0.359. The summed E-state index contributed by atoms with van der Waals surface area (Å²) in [5.41, 5.74) is 0. The molecule has 0 bridgehead atoms. The molecule has 1 amide bonds. The molecule has 2 rings (SSSR count). The molecule has 0 radical (unpaired) electrons. The molecule has 0 saturated carbocycles. The quantitative estimate of drug-likeness (QED) is 0.0204. The first-order valence-electron chi connectivity index (χ1n) is 30.6. The van der Waals surface area contributed by atoms with Gasteiger partial charge in [-0.2, -0.15) is 0 Å². The van der Waals surface area contributed by atoms with Crippen LogP contribution in [0.1, 0.15) is 258 Å². The highest BCUT2D eigenvalue weighted by molar-refractivity contribution is 5.76. The average Bonchev–Trinajstić information content (AvgIpc) is 3.40. The van der Waals surface area contributed by atoms with Crippen molar-refractivity contribution in [3.63, 3.8) is 0 Å². The molecule has 14 nitrogen and oxygen atoms in total. The minimum Gasteiger partial charge on any atom is -0.394 e. The third-order valence-corrected chi connectivity index (χ3v) is 15.1. The monoisotopic (exact) mass is 1060 g/mol. The molecule has 14 heteroatoms. The summed E-state index contributed by atoms with van der Waals surface area (Å²) in [5.74, 6) is -0.245. The molecular weight excluding hydrogens is 943 g/mol. The van der Waals surface area contributed by atoms with Gasteiger partial charge in [-0.3, -0.25) is 4.79 Å². The first kappa shape index (κ1) is 68.6. The Morgan fingerprint density at radius 3 is 1.28 bits per heavy atom. The van der Waals surface area contributed by atoms with Gasteiger partial charge in [0.2, 0.25) is 5.91 Å². The van der Waals surface area contributed by atoms with Crippen LogP contribution in [0.15, 0.2) is 24.3 Å². The summed E-state index contributed by atoms with van der Waals surface area (Å²) in [6.45, 7) is 2.81. The van der Waals surface area contributed by atoms with Crippen LogP contribution in [0.2, 0.25) is 0 Å². The Morgan fingerprint density at radius 2 is 0.851 bits per heavy atom. The molecule has 436 valence electrons. The number of unbranched alkanes of at least 4 members (excludes halogenated alkanes) is 34. The number of hydrogen-bond donors (Lipinski definition) is 9. The van der Waals surface area contributed by atoms with Crippen LogP contribution in [0.25, 0.3) is 0 Å². The first-order valence-corrected chi connectivity index (χ1v) is 30.6. The third kappa shape index (κ3) is 31.8. The largest absolute Gasteiger partial charge is 0.394 e. The number of hydrogen-bond acceptors (Lipinski definition) is 13. The molecule has 2 heterocycles. The van der Waals surface area contributed by atoms with Crippen LogP contribution in [0.4, 0.5) is 0 Å². The standard InChI is InChI=1S/C60H113NO13/c1-3-5-7-9-11-13-15-17-19-21-22-23-24-25-26-27-28-29-31-33-35-37-39-41-43-49(64)48(61-52(65)44-42-40-38-36-34-32-30-20-18-16-14-12-10-8-6-4-2)47-71-59-57(70)55(68)58(51(46-63)73-59)74-60-56(69)54(67)53(66)50(45-62)72-60/h20,30,41,43,48-51,53-60,62-64,66-70H,3-19,21-29,31-40,42,44-47H2,1-2H3,(H,61,65)/b30-20-,43-41+. The molecule has 0 aromatic heterocycles. The van der Waals surface area contributed by atoms with Gasteiger partial charge in [-0.05, 0) is 44.9 Å². The second kappa shape index (κ2) is 46.4. The van der Waals surface area contributed by atoms with E-state index in [2.05, 4.69) is 31.3 Å². The van der Waals surface area contributed by atoms with Crippen LogP contribution in [-0.4, -0.2) is 140 Å². The van der Waals surface area contributed by atoms with E-state index in [-0.39, 0.29) is 18.9 Å². The van der Waals surface area contributed by atoms with Crippen LogP contribution in [-0.2, 0) is 23.7 Å². The maximum atomic E-state index is 13.2. The molecule has 12 atom stereocenters. The van der Waals surface area contributed by atoms with E-state index >= 15 is 0 Å². The van der Waals surface area contributed by atoms with Gasteiger partial charge in [0.05, 0.1) is 32.0 Å². The van der Waals surface area contributed by atoms with E-state index in [1.54, 1.807) is 6.08 Å². The first-order chi connectivity index (χ1) is 36.1. The van der Waals surface area contributed by atoms with E-state index in [0.717, 1.165) is 57.8 Å². The van der Waals surface area contributed by atoms with E-state index in [9.17, 15) is 45.6 Å². The van der Waals surface area contributed by atoms with Crippen LogP contribution < -0.4 is 5.32 Å². The molecule has 0 aromatic carbocycles. The van der Waals surface area contributed by atoms with E-state index in [0.29, 0.717) is 6.42 Å². The van der Waals surface area contributed by atoms with Gasteiger partial charge in [0.1, 0.15) is 48.8 Å². The number of nitrogens with one attached hydrogen (secondary N) is 1. The molecule has 0 spiro atoms. The predicted molar refractivity (Wildman–Crippen MR) is 295 cm³/mol. The summed E-state index contributed by atoms with van der Waals surface area (Å²) < 4.78 is 22.8. The van der Waals surface area contributed by atoms with Gasteiger partial charge in [0, 0.05) is 6.42 Å². The van der Waals surface area contributed by atoms with Crippen molar-refractivity contribution in [3.05, 3.63) is 24.3 Å². The van der Waals surface area contributed by atoms with Crippen molar-refractivity contribution in [2.75, 3.05) is 19.8 Å². The van der Waals surface area contributed by atoms with E-state index in [4.69, 9.17) is 18.9 Å². The molecule has 12 unspecified atom stereocenters. The van der Waals surface area contributed by atoms with Gasteiger partial charge in [-0.1, -0.05) is 231 Å². The summed E-state index contributed by atoms with van der Waals surface area (Å²) in [4.78, 5) is 13.2. The fraction of sp³-hybridized carbons (Fsp3) is 0.917. The van der Waals surface area contributed by atoms with Crippen molar-refractivity contribution >= 4 is 5.91 Å². The highest BCUT2D eigenvalue weighted by Gasteiger charge is 2.51. The number of rotatable bonds is 49. The van der Waals surface area contributed by atoms with Gasteiger partial charge in [0.15, 0.2) is 12.6 Å². The number of ether oxygens (including phenoxy) is 4. The summed E-state index contributed by atoms with van der Waals surface area (Å²) in [7, 11) is 0. The number of aliphatic hydroxyl groups is 8. The Bertz CT molecular complexity index is 1340. The summed E-state index contributed by atoms with van der Waals surface area (Å²) >= 11 is 0. The Morgan fingerprint density at radius 1 is 0.473 bits per heavy atom. The Balaban J connectivity index is 1.75. The van der Waals surface area contributed by atoms with E-state index in [1.165, 1.54) is 173 Å². The third-order valence-electron chi connectivity index (χ3n) is 15.1. The smallest absolute Gasteiger partial charge is 0.220 e. The molecule has 9 N–H and O–H groups in total. The van der Waals surface area contributed by atoms with Gasteiger partial charge in [-0.15, -0.1) is 0 Å². The van der Waals surface area contributed by atoms with Crippen molar-refractivity contribution in [3.8, 4) is 0 Å². The Labute approximate surface area is 449 Å². The molecule has 0 aromatic rings. The zero-order valence-electron chi connectivity index (χ0n) is 46.8. The second-order valence-corrected chi connectivity index (χ2v) is 21.8. The van der Waals surface area contributed by atoms with Crippen LogP contribution in [0.5, 0.6) is 0 Å². The summed E-state index contributed by atoms with van der Waals surface area (Å²) in [5, 5.41) is 87.1. The minimum absolute atomic E-state index is 0.245. The van der Waals surface area contributed by atoms with Gasteiger partial charge in [0.25, 0.3) is 0 Å². The van der Waals surface area contributed by atoms with Crippen LogP contribution in [0.3, 0.4) is 0 Å². The molecule has 2 aliphatic heterocycles. The normalized spacial score (nSPS) is 25.3. The van der Waals surface area contributed by atoms with Crippen molar-refractivity contribution in [1.82, 2.24) is 5.32 Å². The number of allylic oxidation sites excluding steroid dienone is 3. The van der Waals surface area contributed by atoms with E-state index in [1.807, 2.05) is 6.08 Å². The molecule has 2 fully saturated rings. The van der Waals surface area contributed by atoms with E-state index < -0.39 is 86.8 Å². The topological polar surface area (TPSA) is 228 Å². The molecular formula is C60H113NO13. The van der Waals surface area contributed by atoms with Gasteiger partial charge < -0.3 is 65.1 Å². The highest BCUT2D eigenvalue weighted by Crippen LogP contribution is 2.30. The maximum absolute atomic E-state index is 13.2. The zero-order valence-corrected chi connectivity index (χ0v) is 46.8. The maximum Gasteiger partial charge on any atom is 0.220 e. The fourth-order valence-corrected chi connectivity index (χ4v) is 10.2. The molecule has 74 heavy (non-hydrogen) atoms. The lowest BCUT2D eigenvalue weighted by atomic mass is 9.97. The van der Waals surface area contributed by atoms with Crippen molar-refractivity contribution in [2.24, 2.45) is 0 Å². The zero-order chi connectivity index (χ0) is 53.9. The van der Waals surface area contributed by atoms with Crippen molar-refractivity contribution < 1.29 is 64.6 Å². The Kier molecular flexibility index (Phi) is 43.0. The van der Waals surface area contributed by atoms with Crippen LogP contribution in [0, 0.1) is 0 Å². The number of carbonyl (C=O) groups is 1. The van der Waals surface area contributed by atoms with Crippen molar-refractivity contribution in [2.45, 2.75) is 331 Å².